The number of hydrogen-bond acceptors (Lipinski definition) is 4. The first-order valence-corrected chi connectivity index (χ1v) is 5.13. The highest BCUT2D eigenvalue weighted by atomic mass is 32.2. The molecule has 70 valence electrons. The van der Waals surface area contributed by atoms with Crippen LogP contribution in [0.2, 0.25) is 0 Å². The zero-order valence-corrected chi connectivity index (χ0v) is 8.30. The van der Waals surface area contributed by atoms with Gasteiger partial charge in [-0.25, -0.2) is 0 Å². The van der Waals surface area contributed by atoms with Crippen LogP contribution in [-0.4, -0.2) is 33.8 Å². The Morgan fingerprint density at radius 2 is 1.83 bits per heavy atom. The van der Waals surface area contributed by atoms with Crippen LogP contribution in [0.15, 0.2) is 0 Å². The largest absolute Gasteiger partial charge is 0.380 e. The topological polar surface area (TPSA) is 38.7 Å². The Morgan fingerprint density at radius 1 is 1.25 bits per heavy atom. The molecule has 2 rings (SSSR count). The van der Waals surface area contributed by atoms with E-state index in [2.05, 4.69) is 6.92 Å². The summed E-state index contributed by atoms with van der Waals surface area (Å²) in [6.07, 6.45) is -0.0833. The van der Waals surface area contributed by atoms with Gasteiger partial charge in [-0.15, -0.1) is 11.8 Å². The van der Waals surface area contributed by atoms with Gasteiger partial charge in [0.05, 0.1) is 0 Å². The van der Waals surface area contributed by atoms with E-state index in [4.69, 9.17) is 9.47 Å². The van der Waals surface area contributed by atoms with Gasteiger partial charge in [-0.3, -0.25) is 0 Å². The third-order valence-electron chi connectivity index (χ3n) is 2.26. The van der Waals surface area contributed by atoms with Crippen LogP contribution in [-0.2, 0) is 9.47 Å². The van der Waals surface area contributed by atoms with Gasteiger partial charge in [0, 0.05) is 5.25 Å². The summed E-state index contributed by atoms with van der Waals surface area (Å²) >= 11 is 1.52. The van der Waals surface area contributed by atoms with Crippen molar-refractivity contribution in [1.29, 1.82) is 0 Å². The minimum atomic E-state index is -0.522. The number of ether oxygens (including phenoxy) is 2. The number of aliphatic hydroxyl groups is 1. The quantitative estimate of drug-likeness (QED) is 0.617. The molecule has 2 fully saturated rings. The van der Waals surface area contributed by atoms with Crippen molar-refractivity contribution in [1.82, 2.24) is 0 Å². The van der Waals surface area contributed by atoms with E-state index >= 15 is 0 Å². The molecule has 0 aromatic heterocycles. The maximum atomic E-state index is 9.56. The van der Waals surface area contributed by atoms with Gasteiger partial charge in [-0.05, 0) is 13.8 Å². The molecule has 0 aromatic rings. The van der Waals surface area contributed by atoms with E-state index in [1.807, 2.05) is 13.8 Å². The fraction of sp³-hybridized carbons (Fsp3) is 1.00. The molecule has 0 aromatic carbocycles. The zero-order valence-electron chi connectivity index (χ0n) is 7.48. The van der Waals surface area contributed by atoms with E-state index in [0.29, 0.717) is 5.25 Å². The van der Waals surface area contributed by atoms with E-state index in [1.165, 1.54) is 11.8 Å². The molecule has 2 aliphatic heterocycles. The summed E-state index contributed by atoms with van der Waals surface area (Å²) in [6.45, 7) is 5.83. The second kappa shape index (κ2) is 2.61. The molecule has 0 aliphatic carbocycles. The van der Waals surface area contributed by atoms with Gasteiger partial charge < -0.3 is 14.6 Å². The predicted molar refractivity (Wildman–Crippen MR) is 46.9 cm³/mol. The minimum absolute atomic E-state index is 0.0556. The monoisotopic (exact) mass is 190 g/mol. The lowest BCUT2D eigenvalue weighted by atomic mass is 10.2. The first-order chi connectivity index (χ1) is 5.49. The Kier molecular flexibility index (Phi) is 1.91. The minimum Gasteiger partial charge on any atom is -0.380 e. The van der Waals surface area contributed by atoms with Crippen molar-refractivity contribution in [3.8, 4) is 0 Å². The van der Waals surface area contributed by atoms with Crippen molar-refractivity contribution in [2.24, 2.45) is 0 Å². The average Bonchev–Trinajstić information content (AvgIpc) is 2.34. The fourth-order valence-electron chi connectivity index (χ4n) is 1.78. The molecule has 0 bridgehead atoms. The van der Waals surface area contributed by atoms with Crippen molar-refractivity contribution >= 4 is 11.8 Å². The molecule has 2 saturated heterocycles. The lowest BCUT2D eigenvalue weighted by molar-refractivity contribution is -0.152. The molecule has 12 heavy (non-hydrogen) atoms. The van der Waals surface area contributed by atoms with Crippen molar-refractivity contribution in [2.45, 2.75) is 49.5 Å². The van der Waals surface area contributed by atoms with Gasteiger partial charge in [-0.1, -0.05) is 6.92 Å². The Hall–Kier alpha value is 0.230. The van der Waals surface area contributed by atoms with Crippen LogP contribution in [0.3, 0.4) is 0 Å². The molecule has 4 atom stereocenters. The van der Waals surface area contributed by atoms with E-state index in [9.17, 15) is 5.11 Å². The van der Waals surface area contributed by atoms with Crippen LogP contribution in [0.1, 0.15) is 20.8 Å². The normalized spacial score (nSPS) is 51.0. The van der Waals surface area contributed by atoms with Crippen LogP contribution >= 0.6 is 11.8 Å². The van der Waals surface area contributed by atoms with Gasteiger partial charge in [0.2, 0.25) is 0 Å². The van der Waals surface area contributed by atoms with E-state index in [1.54, 1.807) is 0 Å². The summed E-state index contributed by atoms with van der Waals surface area (Å²) < 4.78 is 11.2. The first kappa shape index (κ1) is 8.81. The third-order valence-corrected chi connectivity index (χ3v) is 3.51. The summed E-state index contributed by atoms with van der Waals surface area (Å²) in [5, 5.41) is 9.89. The van der Waals surface area contributed by atoms with Crippen LogP contribution in [0.5, 0.6) is 0 Å². The molecular formula is C8H14O3S. The zero-order chi connectivity index (χ0) is 8.93. The average molecular weight is 190 g/mol. The number of rotatable bonds is 0. The van der Waals surface area contributed by atoms with E-state index in [-0.39, 0.29) is 12.2 Å². The Labute approximate surface area is 76.4 Å². The molecule has 0 amide bonds. The van der Waals surface area contributed by atoms with Crippen molar-refractivity contribution in [3.05, 3.63) is 0 Å². The summed E-state index contributed by atoms with van der Waals surface area (Å²) in [6, 6.07) is 0. The summed E-state index contributed by atoms with van der Waals surface area (Å²) in [5.74, 6) is -0.522. The lowest BCUT2D eigenvalue weighted by Gasteiger charge is -2.20. The van der Waals surface area contributed by atoms with Crippen LogP contribution in [0, 0.1) is 0 Å². The molecule has 0 saturated carbocycles. The summed E-state index contributed by atoms with van der Waals surface area (Å²) in [4.78, 5) is 0. The summed E-state index contributed by atoms with van der Waals surface area (Å²) in [7, 11) is 0. The van der Waals surface area contributed by atoms with Crippen molar-refractivity contribution < 1.29 is 14.6 Å². The molecule has 2 aliphatic rings. The fourth-order valence-corrected chi connectivity index (χ4v) is 2.95. The lowest BCUT2D eigenvalue weighted by Crippen LogP contribution is -2.28. The molecule has 0 radical (unpaired) electrons. The van der Waals surface area contributed by atoms with Gasteiger partial charge in [0.1, 0.15) is 17.6 Å². The first-order valence-electron chi connectivity index (χ1n) is 4.19. The Morgan fingerprint density at radius 3 is 2.42 bits per heavy atom. The van der Waals surface area contributed by atoms with Gasteiger partial charge in [0.25, 0.3) is 0 Å². The second-order valence-electron chi connectivity index (χ2n) is 3.80. The molecule has 3 nitrogen and oxygen atoms in total. The second-order valence-corrected chi connectivity index (χ2v) is 5.30. The molecule has 1 unspecified atom stereocenters. The van der Waals surface area contributed by atoms with E-state index < -0.39 is 11.2 Å². The number of fused-ring (bicyclic) bond motifs is 1. The van der Waals surface area contributed by atoms with Crippen LogP contribution in [0.25, 0.3) is 0 Å². The van der Waals surface area contributed by atoms with Gasteiger partial charge >= 0.3 is 0 Å². The van der Waals surface area contributed by atoms with Crippen LogP contribution < -0.4 is 0 Å². The van der Waals surface area contributed by atoms with Crippen molar-refractivity contribution in [3.63, 3.8) is 0 Å². The molecular weight excluding hydrogens is 176 g/mol. The smallest absolute Gasteiger partial charge is 0.163 e. The maximum Gasteiger partial charge on any atom is 0.163 e. The van der Waals surface area contributed by atoms with Crippen molar-refractivity contribution in [2.75, 3.05) is 0 Å². The number of hydrogen-bond donors (Lipinski definition) is 1. The van der Waals surface area contributed by atoms with Crippen LogP contribution in [0.4, 0.5) is 0 Å². The predicted octanol–water partition coefficient (Wildman–Crippen LogP) is 0.960. The molecule has 0 spiro atoms. The SMILES string of the molecule is C[C@@H]1SC(O)[C@@H]2OC(C)(C)O[C@H]12. The van der Waals surface area contributed by atoms with Gasteiger partial charge in [-0.2, -0.15) is 0 Å². The Balaban J connectivity index is 2.15. The number of aliphatic hydroxyl groups excluding tert-OH is 1. The highest BCUT2D eigenvalue weighted by Gasteiger charge is 2.52. The molecule has 4 heteroatoms. The summed E-state index contributed by atoms with van der Waals surface area (Å²) in [5.41, 5.74) is -0.424. The highest BCUT2D eigenvalue weighted by molar-refractivity contribution is 8.00. The highest BCUT2D eigenvalue weighted by Crippen LogP contribution is 2.44. The standard InChI is InChI=1S/C8H14O3S/c1-4-5-6(7(9)12-4)11-8(2,3)10-5/h4-7,9H,1-3H3/t4-,5+,6+,7?/m0/s1. The van der Waals surface area contributed by atoms with Gasteiger partial charge in [0.15, 0.2) is 5.79 Å². The molecule has 2 heterocycles. The third kappa shape index (κ3) is 1.27. The number of thioether (sulfide) groups is 1. The Bertz CT molecular complexity index is 177. The molecule has 1 N–H and O–H groups in total. The maximum absolute atomic E-state index is 9.56. The van der Waals surface area contributed by atoms with E-state index in [0.717, 1.165) is 0 Å².